The minimum Gasteiger partial charge on any atom is -0.490 e. The van der Waals surface area contributed by atoms with Gasteiger partial charge in [0.25, 0.3) is 0 Å². The first-order valence-electron chi connectivity index (χ1n) is 20.5. The van der Waals surface area contributed by atoms with Gasteiger partial charge in [-0.25, -0.2) is 9.59 Å². The van der Waals surface area contributed by atoms with E-state index in [0.717, 1.165) is 60.2 Å². The zero-order valence-corrected chi connectivity index (χ0v) is 37.0. The molecule has 7 rings (SSSR count). The number of aliphatic carboxylic acids is 2. The van der Waals surface area contributed by atoms with Crippen molar-refractivity contribution >= 4 is 87.1 Å². The second kappa shape index (κ2) is 21.2. The fraction of sp³-hybridized carbons (Fsp3) is 0.0741. The number of anilines is 3. The molecule has 7 aromatic rings. The van der Waals surface area contributed by atoms with Crippen LogP contribution in [0.5, 0.6) is 11.5 Å². The molecule has 0 fully saturated rings. The Labute approximate surface area is 385 Å². The van der Waals surface area contributed by atoms with E-state index in [1.807, 2.05) is 117 Å². The summed E-state index contributed by atoms with van der Waals surface area (Å²) < 4.78 is 12.0. The largest absolute Gasteiger partial charge is 0.490 e. The highest BCUT2D eigenvalue weighted by Crippen LogP contribution is 2.41. The molecule has 0 atom stereocenters. The molecule has 0 saturated carbocycles. The van der Waals surface area contributed by atoms with Crippen molar-refractivity contribution in [3.05, 3.63) is 205 Å². The molecule has 0 spiro atoms. The summed E-state index contributed by atoms with van der Waals surface area (Å²) in [7, 11) is 0. The Morgan fingerprint density at radius 1 is 0.538 bits per heavy atom. The third-order valence-corrected chi connectivity index (χ3v) is 12.1. The van der Waals surface area contributed by atoms with Crippen LogP contribution in [-0.4, -0.2) is 35.4 Å². The van der Waals surface area contributed by atoms with Crippen LogP contribution in [0.2, 0.25) is 0 Å². The molecule has 0 unspecified atom stereocenters. The lowest BCUT2D eigenvalue weighted by Gasteiger charge is -2.26. The second-order valence-electron chi connectivity index (χ2n) is 14.2. The van der Waals surface area contributed by atoms with E-state index in [-0.39, 0.29) is 11.1 Å². The van der Waals surface area contributed by atoms with Crippen molar-refractivity contribution < 1.29 is 29.3 Å². The summed E-state index contributed by atoms with van der Waals surface area (Å²) >= 11 is 2.82. The van der Waals surface area contributed by atoms with E-state index in [2.05, 4.69) is 65.6 Å². The van der Waals surface area contributed by atoms with Crippen LogP contribution >= 0.6 is 22.7 Å². The average Bonchev–Trinajstić information content (AvgIpc) is 4.00. The van der Waals surface area contributed by atoms with Gasteiger partial charge in [0.05, 0.1) is 18.9 Å². The van der Waals surface area contributed by atoms with Gasteiger partial charge in [0.1, 0.15) is 23.3 Å². The maximum absolute atomic E-state index is 11.5. The van der Waals surface area contributed by atoms with E-state index in [1.54, 1.807) is 12.1 Å². The predicted octanol–water partition coefficient (Wildman–Crippen LogP) is 13.2. The summed E-state index contributed by atoms with van der Waals surface area (Å²) in [6.45, 7) is 4.82. The zero-order chi connectivity index (χ0) is 45.7. The molecule has 2 aromatic heterocycles. The van der Waals surface area contributed by atoms with Crippen molar-refractivity contribution in [2.45, 2.75) is 13.8 Å². The fourth-order valence-corrected chi connectivity index (χ4v) is 8.93. The zero-order valence-electron chi connectivity index (χ0n) is 35.3. The normalized spacial score (nSPS) is 11.9. The number of ether oxygens (including phenoxy) is 2. The molecule has 320 valence electrons. The number of nitriles is 2. The van der Waals surface area contributed by atoms with Crippen LogP contribution in [0, 0.1) is 22.7 Å². The van der Waals surface area contributed by atoms with Gasteiger partial charge >= 0.3 is 11.9 Å². The van der Waals surface area contributed by atoms with Crippen LogP contribution in [0.1, 0.15) is 55.6 Å². The average molecular weight is 892 g/mol. The molecular formula is C54H41N3O6S2. The quantitative estimate of drug-likeness (QED) is 0.0518. The third kappa shape index (κ3) is 11.1. The van der Waals surface area contributed by atoms with Gasteiger partial charge in [-0.05, 0) is 132 Å². The summed E-state index contributed by atoms with van der Waals surface area (Å²) in [5.74, 6) is -1.26. The number of carboxylic acids is 2. The van der Waals surface area contributed by atoms with Gasteiger partial charge in [-0.1, -0.05) is 84.9 Å². The number of nitrogens with zero attached hydrogens (tertiary/aromatic N) is 3. The van der Waals surface area contributed by atoms with Gasteiger partial charge in [0, 0.05) is 36.9 Å². The van der Waals surface area contributed by atoms with Crippen LogP contribution < -0.4 is 14.4 Å². The molecule has 2 heterocycles. The van der Waals surface area contributed by atoms with E-state index < -0.39 is 11.9 Å². The van der Waals surface area contributed by atoms with Crippen LogP contribution in [0.4, 0.5) is 17.1 Å². The highest BCUT2D eigenvalue weighted by Gasteiger charge is 2.18. The summed E-state index contributed by atoms with van der Waals surface area (Å²) in [4.78, 5) is 28.4. The van der Waals surface area contributed by atoms with E-state index in [9.17, 15) is 30.3 Å². The number of benzene rings is 5. The monoisotopic (exact) mass is 891 g/mol. The van der Waals surface area contributed by atoms with Crippen molar-refractivity contribution in [1.82, 2.24) is 0 Å². The van der Waals surface area contributed by atoms with Crippen molar-refractivity contribution in [3.8, 4) is 23.6 Å². The van der Waals surface area contributed by atoms with Crippen LogP contribution in [0.3, 0.4) is 0 Å². The van der Waals surface area contributed by atoms with Crippen LogP contribution in [0.15, 0.2) is 163 Å². The molecule has 0 bridgehead atoms. The van der Waals surface area contributed by atoms with Gasteiger partial charge in [-0.2, -0.15) is 10.5 Å². The van der Waals surface area contributed by atoms with Crippen molar-refractivity contribution in [3.63, 3.8) is 0 Å². The molecule has 0 aliphatic carbocycles. The molecule has 0 amide bonds. The molecule has 65 heavy (non-hydrogen) atoms. The summed E-state index contributed by atoms with van der Waals surface area (Å²) in [6.07, 6.45) is 6.98. The molecule has 11 heteroatoms. The Morgan fingerprint density at radius 2 is 0.954 bits per heavy atom. The summed E-state index contributed by atoms with van der Waals surface area (Å²) in [6, 6.07) is 53.3. The van der Waals surface area contributed by atoms with Gasteiger partial charge in [0.15, 0.2) is 11.5 Å². The number of thiophene rings is 2. The van der Waals surface area contributed by atoms with Gasteiger partial charge < -0.3 is 24.6 Å². The van der Waals surface area contributed by atoms with Crippen LogP contribution in [-0.2, 0) is 9.59 Å². The number of hydrogen-bond acceptors (Lipinski definition) is 9. The first kappa shape index (κ1) is 44.8. The van der Waals surface area contributed by atoms with Crippen LogP contribution in [0.25, 0.3) is 35.5 Å². The lowest BCUT2D eigenvalue weighted by Crippen LogP contribution is -2.10. The number of carbonyl (C=O) groups is 2. The van der Waals surface area contributed by atoms with E-state index in [1.165, 1.54) is 34.8 Å². The SMILES string of the molecule is CCOc1ccc(N(c2ccc(/C=C(\c3ccccc3)c3ccc(/C=C(\C#N)C(=O)O)s3)cc2)c2ccc(/C=C(\c3ccccc3)c3ccc(/C=C(\C#N)C(=O)O)s3)cc2)cc1OCC. The van der Waals surface area contributed by atoms with E-state index >= 15 is 0 Å². The molecule has 0 aliphatic heterocycles. The smallest absolute Gasteiger partial charge is 0.346 e. The third-order valence-electron chi connectivity index (χ3n) is 9.94. The van der Waals surface area contributed by atoms with E-state index in [4.69, 9.17) is 9.47 Å². The molecule has 5 aromatic carbocycles. The first-order chi connectivity index (χ1) is 31.7. The summed E-state index contributed by atoms with van der Waals surface area (Å²) in [5.41, 5.74) is 7.73. The van der Waals surface area contributed by atoms with Gasteiger partial charge in [0.2, 0.25) is 0 Å². The number of rotatable bonds is 17. The maximum Gasteiger partial charge on any atom is 0.346 e. The summed E-state index contributed by atoms with van der Waals surface area (Å²) in [5, 5.41) is 37.5. The lowest BCUT2D eigenvalue weighted by molar-refractivity contribution is -0.133. The lowest BCUT2D eigenvalue weighted by atomic mass is 10.0. The molecule has 0 radical (unpaired) electrons. The topological polar surface area (TPSA) is 144 Å². The Morgan fingerprint density at radius 3 is 1.35 bits per heavy atom. The Bertz CT molecular complexity index is 2850. The maximum atomic E-state index is 11.5. The van der Waals surface area contributed by atoms with Gasteiger partial charge in [-0.15, -0.1) is 22.7 Å². The fourth-order valence-electron chi connectivity index (χ4n) is 6.95. The van der Waals surface area contributed by atoms with Crippen molar-refractivity contribution in [2.75, 3.05) is 18.1 Å². The van der Waals surface area contributed by atoms with Crippen molar-refractivity contribution in [1.29, 1.82) is 10.5 Å². The number of hydrogen-bond donors (Lipinski definition) is 2. The predicted molar refractivity (Wildman–Crippen MR) is 261 cm³/mol. The van der Waals surface area contributed by atoms with E-state index in [0.29, 0.717) is 34.5 Å². The highest BCUT2D eigenvalue weighted by atomic mass is 32.1. The Balaban J connectivity index is 1.28. The number of carboxylic acid groups (broad SMARTS) is 2. The highest BCUT2D eigenvalue weighted by molar-refractivity contribution is 7.14. The minimum atomic E-state index is -1.27. The second-order valence-corrected chi connectivity index (χ2v) is 16.4. The first-order valence-corrected chi connectivity index (χ1v) is 22.2. The standard InChI is InChI=1S/C54H41N3O6S2/c1-3-62-49-26-23-44(33-50(49)63-4-2)57(42-19-15-36(16-20-42)29-47(38-11-7-5-8-12-38)51-27-24-45(64-51)31-40(34-55)53(58)59)43-21-17-37(18-22-43)30-48(39-13-9-6-10-14-39)52-28-25-46(65-52)32-41(35-56)54(60)61/h5-33H,3-4H2,1-2H3,(H,58,59)(H,60,61)/b40-31+,41-32+,47-29+,48-30+. The molecule has 2 N–H and O–H groups in total. The minimum absolute atomic E-state index is 0.328. The molecule has 0 aliphatic rings. The van der Waals surface area contributed by atoms with Crippen molar-refractivity contribution in [2.24, 2.45) is 0 Å². The van der Waals surface area contributed by atoms with Gasteiger partial charge in [-0.3, -0.25) is 0 Å². The Kier molecular flexibility index (Phi) is 14.6. The molecule has 9 nitrogen and oxygen atoms in total. The molecule has 0 saturated heterocycles. The molecular weight excluding hydrogens is 851 g/mol. The Hall–Kier alpha value is -8.22.